The number of hydrogen-bond donors (Lipinski definition) is 1. The van der Waals surface area contributed by atoms with E-state index in [1.54, 1.807) is 29.2 Å². The normalized spacial score (nSPS) is 17.8. The summed E-state index contributed by atoms with van der Waals surface area (Å²) >= 11 is 0. The topological polar surface area (TPSA) is 53.4 Å². The largest absolute Gasteiger partial charge is 0.417 e. The number of likely N-dealkylation sites (tertiary alicyclic amines) is 1. The van der Waals surface area contributed by atoms with Crippen molar-refractivity contribution in [3.05, 3.63) is 53.7 Å². The Labute approximate surface area is 155 Å². The summed E-state index contributed by atoms with van der Waals surface area (Å²) in [6, 6.07) is 9.08. The van der Waals surface area contributed by atoms with Crippen LogP contribution in [0.2, 0.25) is 0 Å². The predicted molar refractivity (Wildman–Crippen MR) is 95.1 cm³/mol. The highest BCUT2D eigenvalue weighted by atomic mass is 19.4. The van der Waals surface area contributed by atoms with E-state index in [1.807, 2.05) is 0 Å². The molecule has 1 aliphatic heterocycles. The molecule has 27 heavy (non-hydrogen) atoms. The summed E-state index contributed by atoms with van der Waals surface area (Å²) in [6.45, 7) is 0.677. The van der Waals surface area contributed by atoms with Gasteiger partial charge in [0.05, 0.1) is 11.3 Å². The van der Waals surface area contributed by atoms with Crippen molar-refractivity contribution in [3.63, 3.8) is 0 Å². The van der Waals surface area contributed by atoms with Gasteiger partial charge in [0.25, 0.3) is 5.91 Å². The summed E-state index contributed by atoms with van der Waals surface area (Å²) in [5, 5.41) is 9.23. The number of carbonyl (C=O) groups excluding carboxylic acids is 1. The number of alkyl halides is 3. The van der Waals surface area contributed by atoms with Gasteiger partial charge in [0.15, 0.2) is 0 Å². The zero-order chi connectivity index (χ0) is 19.4. The molecule has 144 valence electrons. The lowest BCUT2D eigenvalue weighted by Gasteiger charge is -2.35. The van der Waals surface area contributed by atoms with Gasteiger partial charge in [0.2, 0.25) is 0 Å². The highest BCUT2D eigenvalue weighted by Crippen LogP contribution is 2.30. The number of piperidine rings is 1. The summed E-state index contributed by atoms with van der Waals surface area (Å²) in [5.41, 5.74) is 0.631. The number of benzene rings is 1. The molecule has 0 spiro atoms. The Morgan fingerprint density at radius 3 is 2.70 bits per heavy atom. The Balaban J connectivity index is 1.83. The van der Waals surface area contributed by atoms with E-state index in [9.17, 15) is 23.1 Å². The van der Waals surface area contributed by atoms with Gasteiger partial charge in [-0.3, -0.25) is 9.78 Å². The number of rotatable bonds is 4. The average Bonchev–Trinajstić information content (AvgIpc) is 2.68. The fraction of sp³-hybridized carbons (Fsp3) is 0.400. The minimum absolute atomic E-state index is 0.0177. The van der Waals surface area contributed by atoms with Crippen molar-refractivity contribution in [1.82, 2.24) is 9.88 Å². The van der Waals surface area contributed by atoms with Crippen LogP contribution in [0.1, 0.15) is 41.6 Å². The molecule has 1 aromatic carbocycles. The first-order valence-electron chi connectivity index (χ1n) is 8.95. The molecule has 0 saturated carbocycles. The SMILES string of the molecule is O=C(c1cccc(-c2ccc(C(F)(F)F)cn2)c1)N1CCCC[C@@H]1CCO. The van der Waals surface area contributed by atoms with Crippen LogP contribution in [0.3, 0.4) is 0 Å². The fourth-order valence-corrected chi connectivity index (χ4v) is 3.43. The third-order valence-corrected chi connectivity index (χ3v) is 4.85. The van der Waals surface area contributed by atoms with Crippen LogP contribution in [0.4, 0.5) is 13.2 Å². The fourth-order valence-electron chi connectivity index (χ4n) is 3.43. The molecule has 7 heteroatoms. The molecule has 1 aromatic heterocycles. The molecule has 1 fully saturated rings. The van der Waals surface area contributed by atoms with Crippen LogP contribution in [-0.4, -0.2) is 40.1 Å². The van der Waals surface area contributed by atoms with Crippen molar-refractivity contribution < 1.29 is 23.1 Å². The number of pyridine rings is 1. The van der Waals surface area contributed by atoms with Gasteiger partial charge in [-0.15, -0.1) is 0 Å². The van der Waals surface area contributed by atoms with Crippen molar-refractivity contribution in [1.29, 1.82) is 0 Å². The number of halogens is 3. The van der Waals surface area contributed by atoms with E-state index in [-0.39, 0.29) is 18.6 Å². The van der Waals surface area contributed by atoms with Crippen LogP contribution in [0, 0.1) is 0 Å². The first-order chi connectivity index (χ1) is 12.9. The number of nitrogens with zero attached hydrogens (tertiary/aromatic N) is 2. The Bertz CT molecular complexity index is 789. The molecule has 4 nitrogen and oxygen atoms in total. The van der Waals surface area contributed by atoms with Gasteiger partial charge in [0.1, 0.15) is 0 Å². The molecule has 3 rings (SSSR count). The Morgan fingerprint density at radius 2 is 2.04 bits per heavy atom. The minimum Gasteiger partial charge on any atom is -0.396 e. The first-order valence-corrected chi connectivity index (χ1v) is 8.95. The van der Waals surface area contributed by atoms with E-state index >= 15 is 0 Å². The lowest BCUT2D eigenvalue weighted by molar-refractivity contribution is -0.137. The summed E-state index contributed by atoms with van der Waals surface area (Å²) in [4.78, 5) is 18.6. The maximum Gasteiger partial charge on any atom is 0.417 e. The van der Waals surface area contributed by atoms with E-state index in [4.69, 9.17) is 0 Å². The molecule has 1 amide bonds. The maximum atomic E-state index is 12.9. The van der Waals surface area contributed by atoms with E-state index < -0.39 is 11.7 Å². The Morgan fingerprint density at radius 1 is 1.22 bits per heavy atom. The monoisotopic (exact) mass is 378 g/mol. The van der Waals surface area contributed by atoms with Gasteiger partial charge < -0.3 is 10.0 Å². The third-order valence-electron chi connectivity index (χ3n) is 4.85. The van der Waals surface area contributed by atoms with Gasteiger partial charge in [-0.2, -0.15) is 13.2 Å². The van der Waals surface area contributed by atoms with Crippen molar-refractivity contribution in [2.45, 2.75) is 37.9 Å². The zero-order valence-corrected chi connectivity index (χ0v) is 14.7. The molecule has 0 unspecified atom stereocenters. The van der Waals surface area contributed by atoms with Crippen LogP contribution in [0.15, 0.2) is 42.6 Å². The van der Waals surface area contributed by atoms with Crippen LogP contribution < -0.4 is 0 Å². The van der Waals surface area contributed by atoms with Crippen molar-refractivity contribution >= 4 is 5.91 Å². The number of amides is 1. The molecule has 0 bridgehead atoms. The molecule has 1 atom stereocenters. The van der Waals surface area contributed by atoms with E-state index in [2.05, 4.69) is 4.98 Å². The molecule has 2 heterocycles. The maximum absolute atomic E-state index is 12.9. The smallest absolute Gasteiger partial charge is 0.396 e. The van der Waals surface area contributed by atoms with E-state index in [0.717, 1.165) is 31.5 Å². The first kappa shape index (κ1) is 19.4. The minimum atomic E-state index is -4.43. The van der Waals surface area contributed by atoms with Crippen LogP contribution in [0.5, 0.6) is 0 Å². The second-order valence-electron chi connectivity index (χ2n) is 6.67. The number of aliphatic hydroxyl groups is 1. The lowest BCUT2D eigenvalue weighted by Crippen LogP contribution is -2.44. The van der Waals surface area contributed by atoms with Crippen LogP contribution in [0.25, 0.3) is 11.3 Å². The second-order valence-corrected chi connectivity index (χ2v) is 6.67. The third kappa shape index (κ3) is 4.47. The van der Waals surface area contributed by atoms with E-state index in [1.165, 1.54) is 6.07 Å². The predicted octanol–water partition coefficient (Wildman–Crippen LogP) is 4.14. The highest BCUT2D eigenvalue weighted by molar-refractivity contribution is 5.95. The number of hydrogen-bond acceptors (Lipinski definition) is 3. The zero-order valence-electron chi connectivity index (χ0n) is 14.7. The summed E-state index contributed by atoms with van der Waals surface area (Å²) < 4.78 is 38.1. The molecule has 0 aliphatic carbocycles. The number of carbonyl (C=O) groups is 1. The van der Waals surface area contributed by atoms with Gasteiger partial charge in [0, 0.05) is 36.5 Å². The van der Waals surface area contributed by atoms with Gasteiger partial charge in [-0.25, -0.2) is 0 Å². The van der Waals surface area contributed by atoms with Crippen molar-refractivity contribution in [2.24, 2.45) is 0 Å². The lowest BCUT2D eigenvalue weighted by atomic mass is 9.98. The van der Waals surface area contributed by atoms with Gasteiger partial charge >= 0.3 is 6.18 Å². The summed E-state index contributed by atoms with van der Waals surface area (Å²) in [7, 11) is 0. The highest BCUT2D eigenvalue weighted by Gasteiger charge is 2.31. The summed E-state index contributed by atoms with van der Waals surface area (Å²) in [5.74, 6) is -0.123. The Hall–Kier alpha value is -2.41. The summed E-state index contributed by atoms with van der Waals surface area (Å²) in [6.07, 6.45) is -0.263. The number of aliphatic hydroxyl groups excluding tert-OH is 1. The molecule has 1 saturated heterocycles. The molecule has 2 aromatic rings. The molecule has 1 aliphatic rings. The second kappa shape index (κ2) is 8.08. The van der Waals surface area contributed by atoms with Gasteiger partial charge in [-0.05, 0) is 49.9 Å². The molecular weight excluding hydrogens is 357 g/mol. The molecular formula is C20H21F3N2O2. The van der Waals surface area contributed by atoms with E-state index in [0.29, 0.717) is 29.8 Å². The van der Waals surface area contributed by atoms with Gasteiger partial charge in [-0.1, -0.05) is 12.1 Å². The van der Waals surface area contributed by atoms with Crippen LogP contribution >= 0.6 is 0 Å². The number of aromatic nitrogens is 1. The molecule has 0 radical (unpaired) electrons. The van der Waals surface area contributed by atoms with Crippen LogP contribution in [-0.2, 0) is 6.18 Å². The Kier molecular flexibility index (Phi) is 5.79. The average molecular weight is 378 g/mol. The molecule has 1 N–H and O–H groups in total. The standard InChI is InChI=1S/C20H21F3N2O2/c21-20(22,23)16-7-8-18(24-13-16)14-4-3-5-15(12-14)19(27)25-10-2-1-6-17(25)9-11-26/h3-5,7-8,12-13,17,26H,1-2,6,9-11H2/t17-/m1/s1. The quantitative estimate of drug-likeness (QED) is 0.870. The van der Waals surface area contributed by atoms with Crippen molar-refractivity contribution in [3.8, 4) is 11.3 Å². The van der Waals surface area contributed by atoms with Crippen molar-refractivity contribution in [2.75, 3.05) is 13.2 Å².